The fraction of sp³-hybridized carbons (Fsp3) is 0.179. The van der Waals surface area contributed by atoms with Crippen molar-refractivity contribution in [2.75, 3.05) is 11.4 Å². The molecule has 35 heavy (non-hydrogen) atoms. The molecular formula is C28H26N6O. The number of nitrogens with zero attached hydrogens (tertiary/aromatic N) is 4. The summed E-state index contributed by atoms with van der Waals surface area (Å²) in [5, 5.41) is 5.62. The van der Waals surface area contributed by atoms with Gasteiger partial charge in [-0.25, -0.2) is 4.98 Å². The van der Waals surface area contributed by atoms with Crippen molar-refractivity contribution in [3.8, 4) is 22.3 Å². The van der Waals surface area contributed by atoms with E-state index < -0.39 is 0 Å². The molecule has 0 radical (unpaired) electrons. The molecule has 0 saturated carbocycles. The van der Waals surface area contributed by atoms with Gasteiger partial charge in [-0.3, -0.25) is 9.48 Å². The van der Waals surface area contributed by atoms with Crippen LogP contribution in [-0.2, 0) is 11.3 Å². The number of nitrogens with two attached hydrogens (primary N) is 1. The topological polar surface area (TPSA) is 92.8 Å². The number of nitrogens with one attached hydrogen (secondary N) is 1. The number of carbonyl (C=O) groups excluding carboxylic acids is 1. The maximum Gasteiger partial charge on any atom is 0.240 e. The van der Waals surface area contributed by atoms with Crippen LogP contribution in [0.25, 0.3) is 33.3 Å². The van der Waals surface area contributed by atoms with Crippen molar-refractivity contribution >= 4 is 22.6 Å². The van der Waals surface area contributed by atoms with E-state index in [2.05, 4.69) is 68.6 Å². The first-order chi connectivity index (χ1) is 17.2. The van der Waals surface area contributed by atoms with Crippen molar-refractivity contribution in [2.45, 2.75) is 25.4 Å². The highest BCUT2D eigenvalue weighted by atomic mass is 16.1. The molecule has 7 heteroatoms. The fourth-order valence-corrected chi connectivity index (χ4v) is 4.98. The second kappa shape index (κ2) is 8.76. The summed E-state index contributed by atoms with van der Waals surface area (Å²) in [7, 11) is 0. The van der Waals surface area contributed by atoms with Crippen molar-refractivity contribution in [1.29, 1.82) is 0 Å². The van der Waals surface area contributed by atoms with Gasteiger partial charge in [0.2, 0.25) is 5.91 Å². The number of hydrogen-bond donors (Lipinski definition) is 2. The fourth-order valence-electron chi connectivity index (χ4n) is 4.98. The Hall–Kier alpha value is -4.39. The van der Waals surface area contributed by atoms with Crippen LogP contribution in [0.2, 0.25) is 0 Å². The number of rotatable bonds is 6. The minimum Gasteiger partial charge on any atom is -0.368 e. The molecule has 174 valence electrons. The van der Waals surface area contributed by atoms with Gasteiger partial charge in [-0.1, -0.05) is 42.5 Å². The summed E-state index contributed by atoms with van der Waals surface area (Å²) in [6.07, 6.45) is 9.65. The maximum absolute atomic E-state index is 11.8. The van der Waals surface area contributed by atoms with Crippen LogP contribution in [0, 0.1) is 0 Å². The predicted octanol–water partition coefficient (Wildman–Crippen LogP) is 4.60. The van der Waals surface area contributed by atoms with Crippen LogP contribution < -0.4 is 10.6 Å². The van der Waals surface area contributed by atoms with E-state index in [-0.39, 0.29) is 11.9 Å². The second-order valence-corrected chi connectivity index (χ2v) is 9.04. The Kier molecular flexibility index (Phi) is 5.29. The van der Waals surface area contributed by atoms with Crippen molar-refractivity contribution in [3.05, 3.63) is 91.0 Å². The van der Waals surface area contributed by atoms with E-state index in [1.165, 1.54) is 5.56 Å². The van der Waals surface area contributed by atoms with Crippen LogP contribution in [0.15, 0.2) is 85.5 Å². The summed E-state index contributed by atoms with van der Waals surface area (Å²) in [6.45, 7) is 1.58. The molecule has 1 fully saturated rings. The molecule has 3 N–H and O–H groups in total. The van der Waals surface area contributed by atoms with Crippen LogP contribution in [0.4, 0.5) is 5.69 Å². The highest BCUT2D eigenvalue weighted by Gasteiger charge is 2.29. The van der Waals surface area contributed by atoms with Gasteiger partial charge in [0.1, 0.15) is 11.7 Å². The van der Waals surface area contributed by atoms with E-state index in [9.17, 15) is 4.79 Å². The molecule has 0 unspecified atom stereocenters. The molecule has 7 nitrogen and oxygen atoms in total. The van der Waals surface area contributed by atoms with Gasteiger partial charge in [-0.2, -0.15) is 5.10 Å². The number of fused-ring (bicyclic) bond motifs is 1. The Labute approximate surface area is 203 Å². The van der Waals surface area contributed by atoms with Crippen LogP contribution in [-0.4, -0.2) is 38.2 Å². The quantitative estimate of drug-likeness (QED) is 0.386. The lowest BCUT2D eigenvalue weighted by molar-refractivity contribution is -0.119. The first kappa shape index (κ1) is 21.2. The Morgan fingerprint density at radius 2 is 1.86 bits per heavy atom. The number of pyridine rings is 1. The number of aromatic nitrogens is 4. The number of primary amides is 1. The van der Waals surface area contributed by atoms with Crippen LogP contribution in [0.1, 0.15) is 18.4 Å². The third kappa shape index (κ3) is 4.05. The minimum atomic E-state index is -0.256. The number of carbonyl (C=O) groups is 1. The number of aromatic amines is 1. The Bertz CT molecular complexity index is 1490. The molecule has 6 rings (SSSR count). The molecule has 1 amide bonds. The first-order valence-electron chi connectivity index (χ1n) is 11.9. The van der Waals surface area contributed by atoms with Crippen molar-refractivity contribution in [2.24, 2.45) is 5.73 Å². The monoisotopic (exact) mass is 462 g/mol. The van der Waals surface area contributed by atoms with Gasteiger partial charge in [-0.05, 0) is 42.2 Å². The van der Waals surface area contributed by atoms with E-state index in [0.29, 0.717) is 0 Å². The minimum absolute atomic E-state index is 0.218. The van der Waals surface area contributed by atoms with Gasteiger partial charge in [0.05, 0.1) is 12.7 Å². The largest absolute Gasteiger partial charge is 0.368 e. The smallest absolute Gasteiger partial charge is 0.240 e. The van der Waals surface area contributed by atoms with Crippen molar-refractivity contribution < 1.29 is 4.79 Å². The Morgan fingerprint density at radius 1 is 1.03 bits per heavy atom. The molecule has 1 aliphatic heterocycles. The molecule has 1 atom stereocenters. The zero-order valence-corrected chi connectivity index (χ0v) is 19.3. The van der Waals surface area contributed by atoms with Crippen LogP contribution in [0.5, 0.6) is 0 Å². The molecular weight excluding hydrogens is 436 g/mol. The molecule has 0 bridgehead atoms. The SMILES string of the molecule is NC(=O)[C@@H]1CCCN1c1ccc(-c2cnc3[nH]cc(-c4cnn(Cc5ccccc5)c4)c3c2)cc1. The van der Waals surface area contributed by atoms with E-state index in [1.807, 2.05) is 41.5 Å². The van der Waals surface area contributed by atoms with Gasteiger partial charge in [-0.15, -0.1) is 0 Å². The van der Waals surface area contributed by atoms with Gasteiger partial charge in [0.15, 0.2) is 0 Å². The zero-order chi connectivity index (χ0) is 23.8. The van der Waals surface area contributed by atoms with Gasteiger partial charge in [0, 0.05) is 52.9 Å². The summed E-state index contributed by atoms with van der Waals surface area (Å²) >= 11 is 0. The summed E-state index contributed by atoms with van der Waals surface area (Å²) < 4.78 is 1.96. The number of amides is 1. The lowest BCUT2D eigenvalue weighted by Gasteiger charge is -2.24. The first-order valence-corrected chi connectivity index (χ1v) is 11.9. The molecule has 4 heterocycles. The van der Waals surface area contributed by atoms with Crippen molar-refractivity contribution in [3.63, 3.8) is 0 Å². The van der Waals surface area contributed by atoms with Gasteiger partial charge >= 0.3 is 0 Å². The molecule has 3 aromatic heterocycles. The standard InChI is InChI=1S/C28H26N6O/c29-27(35)26-7-4-12-34(26)23-10-8-20(9-11-23)21-13-24-25(16-31-28(24)30-14-21)22-15-32-33(18-22)17-19-5-2-1-3-6-19/h1-3,5-6,8-11,13-16,18,26H,4,7,12,17H2,(H2,29,35)(H,30,31)/t26-/m0/s1. The Morgan fingerprint density at radius 3 is 2.66 bits per heavy atom. The maximum atomic E-state index is 11.8. The number of H-pyrrole nitrogens is 1. The molecule has 0 aliphatic carbocycles. The molecule has 1 aliphatic rings. The van der Waals surface area contributed by atoms with E-state index in [1.54, 1.807) is 0 Å². The zero-order valence-electron chi connectivity index (χ0n) is 19.3. The molecule has 2 aromatic carbocycles. The lowest BCUT2D eigenvalue weighted by Crippen LogP contribution is -2.40. The van der Waals surface area contributed by atoms with E-state index in [4.69, 9.17) is 5.73 Å². The van der Waals surface area contributed by atoms with Crippen LogP contribution >= 0.6 is 0 Å². The molecule has 5 aromatic rings. The van der Waals surface area contributed by atoms with Gasteiger partial charge < -0.3 is 15.6 Å². The highest BCUT2D eigenvalue weighted by Crippen LogP contribution is 2.32. The third-order valence-electron chi connectivity index (χ3n) is 6.78. The number of hydrogen-bond acceptors (Lipinski definition) is 4. The average molecular weight is 463 g/mol. The summed E-state index contributed by atoms with van der Waals surface area (Å²) in [5.41, 5.74) is 12.9. The summed E-state index contributed by atoms with van der Waals surface area (Å²) in [6, 6.07) is 20.5. The number of anilines is 1. The summed E-state index contributed by atoms with van der Waals surface area (Å²) in [4.78, 5) is 21.8. The number of benzene rings is 2. The van der Waals surface area contributed by atoms with Crippen molar-refractivity contribution in [1.82, 2.24) is 19.7 Å². The molecule has 1 saturated heterocycles. The highest BCUT2D eigenvalue weighted by molar-refractivity contribution is 5.95. The molecule has 0 spiro atoms. The van der Waals surface area contributed by atoms with E-state index in [0.717, 1.165) is 64.9 Å². The average Bonchev–Trinajstić information content (AvgIpc) is 3.64. The van der Waals surface area contributed by atoms with E-state index >= 15 is 0 Å². The van der Waals surface area contributed by atoms with Gasteiger partial charge in [0.25, 0.3) is 0 Å². The summed E-state index contributed by atoms with van der Waals surface area (Å²) in [5.74, 6) is -0.256. The lowest BCUT2D eigenvalue weighted by atomic mass is 10.0. The van der Waals surface area contributed by atoms with Crippen LogP contribution in [0.3, 0.4) is 0 Å². The normalized spacial score (nSPS) is 15.7. The second-order valence-electron chi connectivity index (χ2n) is 9.04. The predicted molar refractivity (Wildman–Crippen MR) is 138 cm³/mol. The third-order valence-corrected chi connectivity index (χ3v) is 6.78. The Balaban J connectivity index is 1.28.